The maximum Gasteiger partial charge on any atom is 0.348 e. The van der Waals surface area contributed by atoms with Crippen molar-refractivity contribution in [2.75, 3.05) is 0 Å². The Kier molecular flexibility index (Phi) is 7.65. The van der Waals surface area contributed by atoms with E-state index in [2.05, 4.69) is 4.67 Å². The molecule has 2 rings (SSSR count). The van der Waals surface area contributed by atoms with Crippen LogP contribution in [0.5, 0.6) is 0 Å². The van der Waals surface area contributed by atoms with Crippen molar-refractivity contribution in [2.24, 2.45) is 0 Å². The number of carbonyl (C=O) groups excluding carboxylic acids is 1. The Bertz CT molecular complexity index is 1160. The van der Waals surface area contributed by atoms with Gasteiger partial charge in [0, 0.05) is 17.7 Å². The lowest BCUT2D eigenvalue weighted by molar-refractivity contribution is -0.143. The van der Waals surface area contributed by atoms with Crippen LogP contribution in [0, 0.1) is 18.3 Å². The normalized spacial score (nSPS) is 12.0. The van der Waals surface area contributed by atoms with Gasteiger partial charge in [-0.3, -0.25) is 23.2 Å². The molecular weight excluding hydrogens is 413 g/mol. The molecule has 1 aromatic heterocycles. The van der Waals surface area contributed by atoms with E-state index in [0.29, 0.717) is 10.1 Å². The molecule has 0 radical (unpaired) electrons. The fourth-order valence-electron chi connectivity index (χ4n) is 3.15. The summed E-state index contributed by atoms with van der Waals surface area (Å²) >= 11 is 0. The van der Waals surface area contributed by atoms with Gasteiger partial charge < -0.3 is 0 Å². The van der Waals surface area contributed by atoms with Gasteiger partial charge in [0.2, 0.25) is 5.78 Å². The number of nitriles is 1. The molecule has 1 unspecified atom stereocenters. The monoisotopic (exact) mass is 435 g/mol. The molecule has 0 bridgehead atoms. The molecule has 0 aliphatic rings. The predicted molar refractivity (Wildman–Crippen MR) is 108 cm³/mol. The van der Waals surface area contributed by atoms with Gasteiger partial charge >= 0.3 is 13.9 Å². The van der Waals surface area contributed by atoms with Gasteiger partial charge in [0.05, 0.1) is 11.6 Å². The van der Waals surface area contributed by atoms with E-state index in [1.807, 2.05) is 6.07 Å². The van der Waals surface area contributed by atoms with Crippen molar-refractivity contribution < 1.29 is 23.8 Å². The molecule has 1 atom stereocenters. The lowest BCUT2D eigenvalue weighted by atomic mass is 9.95. The van der Waals surface area contributed by atoms with Gasteiger partial charge in [-0.25, -0.2) is 14.6 Å². The summed E-state index contributed by atoms with van der Waals surface area (Å²) in [5.74, 6) is -0.997. The zero-order valence-electron chi connectivity index (χ0n) is 17.0. The molecule has 0 spiro atoms. The minimum atomic E-state index is -3.29. The number of nitrogens with zero attached hydrogens (tertiary/aromatic N) is 3. The van der Waals surface area contributed by atoms with Crippen LogP contribution in [0.4, 0.5) is 0 Å². The van der Waals surface area contributed by atoms with Gasteiger partial charge in [-0.05, 0) is 43.5 Å². The first-order chi connectivity index (χ1) is 14.2. The van der Waals surface area contributed by atoms with Crippen molar-refractivity contribution in [1.82, 2.24) is 9.13 Å². The summed E-state index contributed by atoms with van der Waals surface area (Å²) in [7, 11) is -3.29. The summed E-state index contributed by atoms with van der Waals surface area (Å²) in [6, 6.07) is 6.59. The lowest BCUT2D eigenvalue weighted by Crippen LogP contribution is -2.45. The summed E-state index contributed by atoms with van der Waals surface area (Å²) in [6.07, 6.45) is 0. The minimum absolute atomic E-state index is 0.0701. The van der Waals surface area contributed by atoms with E-state index in [0.717, 1.165) is 4.57 Å². The maximum absolute atomic E-state index is 13.4. The van der Waals surface area contributed by atoms with Crippen molar-refractivity contribution in [2.45, 2.75) is 46.9 Å². The van der Waals surface area contributed by atoms with Crippen LogP contribution in [0.1, 0.15) is 59.4 Å². The SMILES string of the molecule is CCn1c(C(=O)c2cc(C)cc(C#N)c2)c(C(C)C)c(=O)n(CO[PH](=O)OO)c1=O. The lowest BCUT2D eigenvalue weighted by Gasteiger charge is -2.19. The maximum atomic E-state index is 13.4. The third-order valence-corrected chi connectivity index (χ3v) is 4.94. The average Bonchev–Trinajstić information content (AvgIpc) is 2.71. The molecule has 0 fully saturated rings. The van der Waals surface area contributed by atoms with Gasteiger partial charge in [-0.1, -0.05) is 13.8 Å². The Labute approximate surface area is 172 Å². The van der Waals surface area contributed by atoms with Crippen LogP contribution in [0.15, 0.2) is 27.8 Å². The van der Waals surface area contributed by atoms with E-state index in [-0.39, 0.29) is 28.9 Å². The number of ketones is 1. The Balaban J connectivity index is 2.79. The molecule has 10 nitrogen and oxygen atoms in total. The molecule has 0 aliphatic carbocycles. The Morgan fingerprint density at radius 2 is 1.93 bits per heavy atom. The van der Waals surface area contributed by atoms with E-state index in [1.54, 1.807) is 39.8 Å². The zero-order chi connectivity index (χ0) is 22.6. The van der Waals surface area contributed by atoms with Gasteiger partial charge in [0.25, 0.3) is 5.56 Å². The van der Waals surface area contributed by atoms with Crippen molar-refractivity contribution >= 4 is 14.0 Å². The third-order valence-electron chi connectivity index (χ3n) is 4.43. The van der Waals surface area contributed by atoms with Crippen molar-refractivity contribution in [1.29, 1.82) is 5.26 Å². The molecule has 160 valence electrons. The summed E-state index contributed by atoms with van der Waals surface area (Å²) in [5.41, 5.74) is -0.452. The number of benzene rings is 1. The standard InChI is InChI=1S/C19H22N3O7P/c1-5-21-16(17(23)14-7-12(4)6-13(8-14)9-20)15(11(2)3)18(24)22(19(21)25)10-28-30(27)29-26/h6-8,11,26,30H,5,10H2,1-4H3. The second-order valence-corrected chi connectivity index (χ2v) is 7.79. The van der Waals surface area contributed by atoms with Crippen molar-refractivity contribution in [3.63, 3.8) is 0 Å². The van der Waals surface area contributed by atoms with Gasteiger partial charge in [0.1, 0.15) is 12.4 Å². The number of rotatable bonds is 8. The van der Waals surface area contributed by atoms with Crippen LogP contribution in [0.25, 0.3) is 0 Å². The van der Waals surface area contributed by atoms with E-state index in [4.69, 9.17) is 9.78 Å². The average molecular weight is 435 g/mol. The molecule has 1 aromatic carbocycles. The molecule has 0 amide bonds. The third kappa shape index (κ3) is 4.66. The highest BCUT2D eigenvalue weighted by atomic mass is 31.1. The van der Waals surface area contributed by atoms with Gasteiger partial charge in [0.15, 0.2) is 0 Å². The van der Waals surface area contributed by atoms with Crippen LogP contribution in [-0.4, -0.2) is 20.2 Å². The summed E-state index contributed by atoms with van der Waals surface area (Å²) in [6.45, 7) is 6.11. The quantitative estimate of drug-likeness (QED) is 0.288. The highest BCUT2D eigenvalue weighted by Crippen LogP contribution is 2.23. The summed E-state index contributed by atoms with van der Waals surface area (Å²) < 4.78 is 21.3. The van der Waals surface area contributed by atoms with Gasteiger partial charge in [-0.15, -0.1) is 0 Å². The molecule has 1 N–H and O–H groups in total. The van der Waals surface area contributed by atoms with Crippen LogP contribution in [0.3, 0.4) is 0 Å². The first kappa shape index (κ1) is 23.4. The smallest absolute Gasteiger partial charge is 0.290 e. The van der Waals surface area contributed by atoms with E-state index < -0.39 is 37.9 Å². The summed E-state index contributed by atoms with van der Waals surface area (Å²) in [5, 5.41) is 17.6. The van der Waals surface area contributed by atoms with Crippen LogP contribution in [0.2, 0.25) is 0 Å². The summed E-state index contributed by atoms with van der Waals surface area (Å²) in [4.78, 5) is 39.3. The number of hydrogen-bond acceptors (Lipinski definition) is 8. The number of carbonyl (C=O) groups is 1. The molecular formula is C19H22N3O7P. The van der Waals surface area contributed by atoms with E-state index in [1.165, 1.54) is 6.07 Å². The van der Waals surface area contributed by atoms with Crippen LogP contribution in [-0.2, 0) is 27.0 Å². The van der Waals surface area contributed by atoms with Crippen molar-refractivity contribution in [3.05, 3.63) is 67.0 Å². The fraction of sp³-hybridized carbons (Fsp3) is 0.368. The van der Waals surface area contributed by atoms with E-state index >= 15 is 0 Å². The topological polar surface area (TPSA) is 141 Å². The number of hydrogen-bond donors (Lipinski definition) is 1. The first-order valence-corrected chi connectivity index (χ1v) is 10.3. The molecule has 1 heterocycles. The Morgan fingerprint density at radius 3 is 2.47 bits per heavy atom. The van der Waals surface area contributed by atoms with Crippen LogP contribution >= 0.6 is 8.25 Å². The second kappa shape index (κ2) is 9.78. The highest BCUT2D eigenvalue weighted by Gasteiger charge is 2.26. The molecule has 0 saturated carbocycles. The predicted octanol–water partition coefficient (Wildman–Crippen LogP) is 2.42. The number of aryl methyl sites for hydroxylation is 1. The van der Waals surface area contributed by atoms with E-state index in [9.17, 15) is 24.2 Å². The zero-order valence-corrected chi connectivity index (χ0v) is 18.0. The Hall–Kier alpha value is -2.83. The van der Waals surface area contributed by atoms with Gasteiger partial charge in [-0.2, -0.15) is 9.94 Å². The van der Waals surface area contributed by atoms with Crippen molar-refractivity contribution in [3.8, 4) is 6.07 Å². The second-order valence-electron chi connectivity index (χ2n) is 6.82. The fourth-order valence-corrected chi connectivity index (χ4v) is 3.44. The number of aromatic nitrogens is 2. The molecule has 11 heteroatoms. The minimum Gasteiger partial charge on any atom is -0.290 e. The highest BCUT2D eigenvalue weighted by molar-refractivity contribution is 7.33. The molecule has 30 heavy (non-hydrogen) atoms. The molecule has 0 aliphatic heterocycles. The molecule has 0 saturated heterocycles. The van der Waals surface area contributed by atoms with Crippen LogP contribution < -0.4 is 11.2 Å². The largest absolute Gasteiger partial charge is 0.348 e. The first-order valence-electron chi connectivity index (χ1n) is 9.08. The Morgan fingerprint density at radius 1 is 1.27 bits per heavy atom. The molecule has 2 aromatic rings.